The van der Waals surface area contributed by atoms with Crippen molar-refractivity contribution in [3.8, 4) is 11.5 Å². The Morgan fingerprint density at radius 1 is 1.11 bits per heavy atom. The summed E-state index contributed by atoms with van der Waals surface area (Å²) in [6, 6.07) is 0.834. The quantitative estimate of drug-likeness (QED) is 0.393. The monoisotopic (exact) mass is 477 g/mol. The number of benzene rings is 1. The molecule has 0 aliphatic carbocycles. The smallest absolute Gasteiger partial charge is 0.418 e. The molecule has 13 heteroatoms. The van der Waals surface area contributed by atoms with Gasteiger partial charge >= 0.3 is 6.09 Å². The van der Waals surface area contributed by atoms with Crippen LogP contribution in [-0.4, -0.2) is 44.6 Å². The van der Waals surface area contributed by atoms with E-state index in [4.69, 9.17) is 37.8 Å². The molecule has 1 aromatic heterocycles. The number of nitrogens with one attached hydrogen (secondary N) is 1. The van der Waals surface area contributed by atoms with Gasteiger partial charge in [-0.2, -0.15) is 0 Å². The third-order valence-corrected chi connectivity index (χ3v) is 6.74. The minimum absolute atomic E-state index is 0.0195. The Hall–Kier alpha value is -1.56. The number of amides is 1. The van der Waals surface area contributed by atoms with Crippen molar-refractivity contribution in [3.05, 3.63) is 17.7 Å². The Kier molecular flexibility index (Phi) is 7.93. The first-order valence-electron chi connectivity index (χ1n) is 7.80. The maximum atomic E-state index is 15.0. The van der Waals surface area contributed by atoms with Crippen molar-refractivity contribution in [2.75, 3.05) is 25.0 Å². The molecule has 1 aromatic carbocycles. The minimum Gasteiger partial charge on any atom is -0.487 e. The van der Waals surface area contributed by atoms with Gasteiger partial charge in [-0.3, -0.25) is 0 Å². The van der Waals surface area contributed by atoms with E-state index in [9.17, 15) is 22.0 Å². The largest absolute Gasteiger partial charge is 0.487 e. The summed E-state index contributed by atoms with van der Waals surface area (Å²) < 4.78 is 64.9. The standard InChI is InChI=1S/C15H15Cl2F2NO6S2/c16-3-1-5-25-12-10(18)8-7-9(28(23,24)20-15(21)22)27-14(8)11(19)13(12)26-6-2-4-17/h7,20H,1-6H2,(H,21,22). The summed E-state index contributed by atoms with van der Waals surface area (Å²) in [5.74, 6) is -2.61. The van der Waals surface area contributed by atoms with Crippen molar-refractivity contribution in [1.29, 1.82) is 0 Å². The average molecular weight is 478 g/mol. The Labute approximate surface area is 173 Å². The van der Waals surface area contributed by atoms with Gasteiger partial charge in [-0.25, -0.2) is 26.7 Å². The number of carboxylic acid groups (broad SMARTS) is 1. The van der Waals surface area contributed by atoms with E-state index < -0.39 is 43.5 Å². The van der Waals surface area contributed by atoms with Crippen LogP contribution in [0.4, 0.5) is 13.6 Å². The number of carbonyl (C=O) groups is 1. The Balaban J connectivity index is 2.59. The van der Waals surface area contributed by atoms with E-state index in [2.05, 4.69) is 0 Å². The Bertz CT molecular complexity index is 914. The number of thiophene rings is 1. The maximum absolute atomic E-state index is 15.0. The summed E-state index contributed by atoms with van der Waals surface area (Å²) in [7, 11) is -4.50. The fraction of sp³-hybridized carbons (Fsp3) is 0.400. The van der Waals surface area contributed by atoms with Crippen molar-refractivity contribution in [2.45, 2.75) is 17.1 Å². The first kappa shape index (κ1) is 22.7. The van der Waals surface area contributed by atoms with Gasteiger partial charge in [0.05, 0.1) is 17.9 Å². The van der Waals surface area contributed by atoms with Gasteiger partial charge in [0.2, 0.25) is 11.5 Å². The van der Waals surface area contributed by atoms with E-state index in [1.165, 1.54) is 4.72 Å². The molecule has 0 fully saturated rings. The molecule has 2 aromatic rings. The van der Waals surface area contributed by atoms with Gasteiger partial charge < -0.3 is 14.6 Å². The van der Waals surface area contributed by atoms with Gasteiger partial charge in [0, 0.05) is 17.1 Å². The predicted octanol–water partition coefficient (Wildman–Crippen LogP) is 4.15. The number of alkyl halides is 2. The average Bonchev–Trinajstić information content (AvgIpc) is 3.07. The van der Waals surface area contributed by atoms with Gasteiger partial charge in [0.15, 0.2) is 11.6 Å². The van der Waals surface area contributed by atoms with E-state index in [1.807, 2.05) is 0 Å². The fourth-order valence-corrected chi connectivity index (χ4v) is 4.59. The van der Waals surface area contributed by atoms with E-state index in [0.717, 1.165) is 6.07 Å². The molecule has 0 aliphatic heterocycles. The molecular formula is C15H15Cl2F2NO6S2. The van der Waals surface area contributed by atoms with Gasteiger partial charge in [0.1, 0.15) is 4.21 Å². The second kappa shape index (κ2) is 9.77. The highest BCUT2D eigenvalue weighted by Crippen LogP contribution is 2.44. The van der Waals surface area contributed by atoms with Crippen molar-refractivity contribution in [3.63, 3.8) is 0 Å². The normalized spacial score (nSPS) is 11.6. The van der Waals surface area contributed by atoms with Gasteiger partial charge in [-0.1, -0.05) is 0 Å². The Morgan fingerprint density at radius 2 is 1.64 bits per heavy atom. The van der Waals surface area contributed by atoms with Crippen LogP contribution in [0.3, 0.4) is 0 Å². The van der Waals surface area contributed by atoms with Crippen molar-refractivity contribution in [2.24, 2.45) is 0 Å². The molecule has 2 N–H and O–H groups in total. The molecule has 2 rings (SSSR count). The highest BCUT2D eigenvalue weighted by atomic mass is 35.5. The summed E-state index contributed by atoms with van der Waals surface area (Å²) in [5.41, 5.74) is 0. The summed E-state index contributed by atoms with van der Waals surface area (Å²) in [6.45, 7) is -0.0402. The van der Waals surface area contributed by atoms with Crippen LogP contribution in [0.2, 0.25) is 0 Å². The highest BCUT2D eigenvalue weighted by molar-refractivity contribution is 7.92. The number of halogens is 4. The maximum Gasteiger partial charge on any atom is 0.418 e. The van der Waals surface area contributed by atoms with Crippen LogP contribution in [0.5, 0.6) is 11.5 Å². The summed E-state index contributed by atoms with van der Waals surface area (Å²) in [4.78, 5) is 10.6. The van der Waals surface area contributed by atoms with Gasteiger partial charge in [0.25, 0.3) is 10.0 Å². The van der Waals surface area contributed by atoms with Gasteiger partial charge in [-0.05, 0) is 18.9 Å². The highest BCUT2D eigenvalue weighted by Gasteiger charge is 2.28. The third kappa shape index (κ3) is 5.07. The second-order valence-electron chi connectivity index (χ2n) is 5.29. The molecule has 0 radical (unpaired) electrons. The zero-order chi connectivity index (χ0) is 20.9. The lowest BCUT2D eigenvalue weighted by Crippen LogP contribution is -2.28. The zero-order valence-corrected chi connectivity index (χ0v) is 17.3. The van der Waals surface area contributed by atoms with Crippen molar-refractivity contribution < 1.29 is 36.6 Å². The molecule has 0 spiro atoms. The third-order valence-electron chi connectivity index (χ3n) is 3.29. The number of sulfonamides is 1. The van der Waals surface area contributed by atoms with Crippen LogP contribution in [-0.2, 0) is 10.0 Å². The van der Waals surface area contributed by atoms with Crippen LogP contribution in [0, 0.1) is 11.6 Å². The van der Waals surface area contributed by atoms with Crippen LogP contribution in [0.15, 0.2) is 10.3 Å². The Morgan fingerprint density at radius 3 is 2.14 bits per heavy atom. The van der Waals surface area contributed by atoms with Crippen LogP contribution < -0.4 is 14.2 Å². The van der Waals surface area contributed by atoms with Crippen molar-refractivity contribution >= 4 is 60.7 Å². The summed E-state index contributed by atoms with van der Waals surface area (Å²) in [6.07, 6.45) is -1.12. The van der Waals surface area contributed by atoms with E-state index in [0.29, 0.717) is 24.2 Å². The molecule has 156 valence electrons. The lowest BCUT2D eigenvalue weighted by atomic mass is 10.2. The molecule has 0 saturated carbocycles. The lowest BCUT2D eigenvalue weighted by molar-refractivity contribution is 0.201. The number of rotatable bonds is 10. The number of fused-ring (bicyclic) bond motifs is 1. The van der Waals surface area contributed by atoms with E-state index in [1.54, 1.807) is 0 Å². The van der Waals surface area contributed by atoms with E-state index >= 15 is 0 Å². The van der Waals surface area contributed by atoms with Gasteiger partial charge in [-0.15, -0.1) is 34.5 Å². The molecule has 7 nitrogen and oxygen atoms in total. The summed E-state index contributed by atoms with van der Waals surface area (Å²) in [5, 5.41) is 8.25. The molecule has 0 bridgehead atoms. The SMILES string of the molecule is O=C(O)NS(=O)(=O)c1cc2c(F)c(OCCCCl)c(OCCCCl)c(F)c2s1. The lowest BCUT2D eigenvalue weighted by Gasteiger charge is -2.15. The summed E-state index contributed by atoms with van der Waals surface area (Å²) >= 11 is 11.5. The van der Waals surface area contributed by atoms with Crippen molar-refractivity contribution in [1.82, 2.24) is 4.72 Å². The number of hydrogen-bond donors (Lipinski definition) is 2. The minimum atomic E-state index is -4.50. The number of hydrogen-bond acceptors (Lipinski definition) is 6. The predicted molar refractivity (Wildman–Crippen MR) is 102 cm³/mol. The molecule has 0 unspecified atom stereocenters. The van der Waals surface area contributed by atoms with Crippen LogP contribution in [0.25, 0.3) is 10.1 Å². The first-order chi connectivity index (χ1) is 13.2. The molecule has 1 heterocycles. The molecule has 0 aliphatic rings. The molecular weight excluding hydrogens is 463 g/mol. The molecule has 0 saturated heterocycles. The fourth-order valence-electron chi connectivity index (χ4n) is 2.13. The zero-order valence-electron chi connectivity index (χ0n) is 14.1. The first-order valence-corrected chi connectivity index (χ1v) is 11.2. The second-order valence-corrected chi connectivity index (χ2v) is 9.00. The molecule has 28 heavy (non-hydrogen) atoms. The molecule has 1 amide bonds. The molecule has 0 atom stereocenters. The van der Waals surface area contributed by atoms with Crippen LogP contribution in [0.1, 0.15) is 12.8 Å². The topological polar surface area (TPSA) is 102 Å². The van der Waals surface area contributed by atoms with Crippen LogP contribution >= 0.6 is 34.5 Å². The number of ether oxygens (including phenoxy) is 2. The van der Waals surface area contributed by atoms with E-state index in [-0.39, 0.29) is 35.1 Å².